The highest BCUT2D eigenvalue weighted by Gasteiger charge is 2.30. The average molecular weight is 333 g/mol. The lowest BCUT2D eigenvalue weighted by Gasteiger charge is -2.34. The van der Waals surface area contributed by atoms with Gasteiger partial charge in [-0.3, -0.25) is 4.79 Å². The summed E-state index contributed by atoms with van der Waals surface area (Å²) in [4.78, 5) is 21.9. The van der Waals surface area contributed by atoms with Crippen molar-refractivity contribution in [1.82, 2.24) is 14.9 Å². The number of benzene rings is 1. The van der Waals surface area contributed by atoms with E-state index < -0.39 is 5.82 Å². The molecule has 1 aromatic carbocycles. The van der Waals surface area contributed by atoms with Crippen molar-refractivity contribution in [3.63, 3.8) is 0 Å². The number of aromatic amines is 1. The number of imidazole rings is 1. The van der Waals surface area contributed by atoms with Gasteiger partial charge in [0.05, 0.1) is 26.7 Å². The molecule has 128 valence electrons. The predicted octanol–water partition coefficient (Wildman–Crippen LogP) is 2.01. The van der Waals surface area contributed by atoms with Gasteiger partial charge in [-0.15, -0.1) is 0 Å². The number of halogens is 1. The van der Waals surface area contributed by atoms with Crippen LogP contribution in [0.2, 0.25) is 0 Å². The molecule has 6 nitrogen and oxygen atoms in total. The Morgan fingerprint density at radius 3 is 3.04 bits per heavy atom. The molecule has 3 rings (SSSR count). The van der Waals surface area contributed by atoms with Crippen molar-refractivity contribution in [2.75, 3.05) is 26.9 Å². The molecule has 2 aromatic rings. The van der Waals surface area contributed by atoms with Gasteiger partial charge >= 0.3 is 0 Å². The highest BCUT2D eigenvalue weighted by Crippen LogP contribution is 2.24. The maximum Gasteiger partial charge on any atom is 0.227 e. The molecule has 1 aliphatic rings. The van der Waals surface area contributed by atoms with Crippen LogP contribution < -0.4 is 4.74 Å². The largest absolute Gasteiger partial charge is 0.494 e. The van der Waals surface area contributed by atoms with E-state index in [1.165, 1.54) is 19.2 Å². The number of carbonyl (C=O) groups excluding carboxylic acids is 1. The molecule has 1 saturated heterocycles. The zero-order valence-corrected chi connectivity index (χ0v) is 13.7. The molecule has 1 amide bonds. The summed E-state index contributed by atoms with van der Waals surface area (Å²) in [6, 6.07) is 4.32. The molecule has 0 bridgehead atoms. The van der Waals surface area contributed by atoms with E-state index in [4.69, 9.17) is 9.47 Å². The lowest BCUT2D eigenvalue weighted by molar-refractivity contribution is -0.139. The van der Waals surface area contributed by atoms with E-state index in [0.29, 0.717) is 31.1 Å². The Labute approximate surface area is 139 Å². The minimum atomic E-state index is -0.469. The Balaban J connectivity index is 1.75. The Morgan fingerprint density at radius 2 is 2.38 bits per heavy atom. The normalized spacial score (nSPS) is 17.8. The van der Waals surface area contributed by atoms with Gasteiger partial charge in [0.15, 0.2) is 11.6 Å². The summed E-state index contributed by atoms with van der Waals surface area (Å²) in [6.07, 6.45) is 1.85. The number of nitrogens with one attached hydrogen (secondary N) is 1. The highest BCUT2D eigenvalue weighted by molar-refractivity contribution is 5.79. The van der Waals surface area contributed by atoms with Crippen molar-refractivity contribution in [2.24, 2.45) is 0 Å². The third-order valence-corrected chi connectivity index (χ3v) is 4.06. The Bertz CT molecular complexity index is 732. The number of nitrogens with zero attached hydrogens (tertiary/aromatic N) is 2. The van der Waals surface area contributed by atoms with Gasteiger partial charge in [0, 0.05) is 18.4 Å². The fourth-order valence-electron chi connectivity index (χ4n) is 2.83. The van der Waals surface area contributed by atoms with Crippen LogP contribution in [0.25, 0.3) is 0 Å². The quantitative estimate of drug-likeness (QED) is 0.929. The van der Waals surface area contributed by atoms with Crippen LogP contribution in [0.3, 0.4) is 0 Å². The van der Waals surface area contributed by atoms with Crippen molar-refractivity contribution in [2.45, 2.75) is 19.4 Å². The van der Waals surface area contributed by atoms with E-state index in [0.717, 1.165) is 5.69 Å². The number of hydrogen-bond acceptors (Lipinski definition) is 4. The van der Waals surface area contributed by atoms with Gasteiger partial charge in [0.25, 0.3) is 0 Å². The Hall–Kier alpha value is -2.41. The lowest BCUT2D eigenvalue weighted by Crippen LogP contribution is -2.44. The van der Waals surface area contributed by atoms with Crippen LogP contribution in [-0.4, -0.2) is 47.6 Å². The second-order valence-electron chi connectivity index (χ2n) is 5.77. The third kappa shape index (κ3) is 3.41. The molecule has 2 heterocycles. The zero-order valence-electron chi connectivity index (χ0n) is 13.7. The smallest absolute Gasteiger partial charge is 0.227 e. The van der Waals surface area contributed by atoms with Gasteiger partial charge in [0.2, 0.25) is 5.91 Å². The maximum absolute atomic E-state index is 13.8. The maximum atomic E-state index is 13.8. The summed E-state index contributed by atoms with van der Waals surface area (Å²) in [7, 11) is 1.41. The number of hydrogen-bond donors (Lipinski definition) is 1. The van der Waals surface area contributed by atoms with E-state index in [2.05, 4.69) is 9.97 Å². The molecule has 0 radical (unpaired) electrons. The Kier molecular flexibility index (Phi) is 4.80. The van der Waals surface area contributed by atoms with Crippen LogP contribution in [0, 0.1) is 12.7 Å². The van der Waals surface area contributed by atoms with Gasteiger partial charge in [-0.05, 0) is 24.6 Å². The summed E-state index contributed by atoms with van der Waals surface area (Å²) in [5.41, 5.74) is 1.54. The topological polar surface area (TPSA) is 67.4 Å². The number of aryl methyl sites for hydroxylation is 1. The highest BCUT2D eigenvalue weighted by atomic mass is 19.1. The number of amides is 1. The molecule has 1 aliphatic heterocycles. The predicted molar refractivity (Wildman–Crippen MR) is 85.3 cm³/mol. The molecule has 0 unspecified atom stereocenters. The van der Waals surface area contributed by atoms with E-state index in [9.17, 15) is 9.18 Å². The minimum Gasteiger partial charge on any atom is -0.494 e. The van der Waals surface area contributed by atoms with Gasteiger partial charge in [-0.1, -0.05) is 6.07 Å². The van der Waals surface area contributed by atoms with E-state index in [1.807, 2.05) is 6.92 Å². The second kappa shape index (κ2) is 7.00. The van der Waals surface area contributed by atoms with Crippen molar-refractivity contribution < 1.29 is 18.7 Å². The van der Waals surface area contributed by atoms with Crippen LogP contribution >= 0.6 is 0 Å². The van der Waals surface area contributed by atoms with Crippen LogP contribution in [0.15, 0.2) is 24.4 Å². The molecule has 0 spiro atoms. The summed E-state index contributed by atoms with van der Waals surface area (Å²) in [5, 5.41) is 0. The van der Waals surface area contributed by atoms with Gasteiger partial charge < -0.3 is 19.4 Å². The zero-order chi connectivity index (χ0) is 17.1. The molecule has 1 atom stereocenters. The minimum absolute atomic E-state index is 0.0816. The first-order valence-electron chi connectivity index (χ1n) is 7.79. The van der Waals surface area contributed by atoms with Gasteiger partial charge in [0.1, 0.15) is 11.9 Å². The average Bonchev–Trinajstić information content (AvgIpc) is 3.01. The standard InChI is InChI=1S/C17H20FN3O3/c1-11-9-19-17(20-11)14-10-24-6-5-21(14)16(22)8-12-3-4-15(23-2)13(18)7-12/h3-4,7,9,14H,5-6,8,10H2,1-2H3,(H,19,20)/t14-/m1/s1. The first-order chi connectivity index (χ1) is 11.6. The van der Waals surface area contributed by atoms with Gasteiger partial charge in [-0.25, -0.2) is 9.37 Å². The number of aromatic nitrogens is 2. The number of ether oxygens (including phenoxy) is 2. The molecule has 0 saturated carbocycles. The number of methoxy groups -OCH3 is 1. The van der Waals surface area contributed by atoms with Crippen molar-refractivity contribution in [3.05, 3.63) is 47.3 Å². The monoisotopic (exact) mass is 333 g/mol. The number of H-pyrrole nitrogens is 1. The number of carbonyl (C=O) groups is 1. The van der Waals surface area contributed by atoms with Gasteiger partial charge in [-0.2, -0.15) is 0 Å². The summed E-state index contributed by atoms with van der Waals surface area (Å²) in [6.45, 7) is 3.28. The molecule has 24 heavy (non-hydrogen) atoms. The summed E-state index contributed by atoms with van der Waals surface area (Å²) >= 11 is 0. The van der Waals surface area contributed by atoms with E-state index >= 15 is 0 Å². The molecule has 1 aromatic heterocycles. The molecule has 1 N–H and O–H groups in total. The number of morpholine rings is 1. The second-order valence-corrected chi connectivity index (χ2v) is 5.77. The third-order valence-electron chi connectivity index (χ3n) is 4.06. The molecule has 1 fully saturated rings. The van der Waals surface area contributed by atoms with Crippen LogP contribution in [0.1, 0.15) is 23.1 Å². The van der Waals surface area contributed by atoms with Crippen molar-refractivity contribution >= 4 is 5.91 Å². The van der Waals surface area contributed by atoms with E-state index in [1.54, 1.807) is 17.2 Å². The Morgan fingerprint density at radius 1 is 1.54 bits per heavy atom. The lowest BCUT2D eigenvalue weighted by atomic mass is 10.1. The summed E-state index contributed by atoms with van der Waals surface area (Å²) in [5.74, 6) is 0.327. The SMILES string of the molecule is COc1ccc(CC(=O)N2CCOC[C@@H]2c2ncc(C)[nH]2)cc1F. The summed E-state index contributed by atoms with van der Waals surface area (Å²) < 4.78 is 24.2. The van der Waals surface area contributed by atoms with Crippen LogP contribution in [0.5, 0.6) is 5.75 Å². The fourth-order valence-corrected chi connectivity index (χ4v) is 2.83. The fraction of sp³-hybridized carbons (Fsp3) is 0.412. The molecular weight excluding hydrogens is 313 g/mol. The van der Waals surface area contributed by atoms with Crippen molar-refractivity contribution in [1.29, 1.82) is 0 Å². The molecule has 7 heteroatoms. The molecule has 0 aliphatic carbocycles. The first-order valence-corrected chi connectivity index (χ1v) is 7.79. The molecular formula is C17H20FN3O3. The van der Waals surface area contributed by atoms with Crippen molar-refractivity contribution in [3.8, 4) is 5.75 Å². The van der Waals surface area contributed by atoms with Crippen LogP contribution in [0.4, 0.5) is 4.39 Å². The number of rotatable bonds is 4. The van der Waals surface area contributed by atoms with Crippen LogP contribution in [-0.2, 0) is 16.0 Å². The first kappa shape index (κ1) is 16.4. The van der Waals surface area contributed by atoms with E-state index in [-0.39, 0.29) is 24.1 Å².